The molecule has 1 atom stereocenters. The molecule has 0 radical (unpaired) electrons. The normalized spacial score (nSPS) is 22.3. The molecule has 0 aliphatic carbocycles. The summed E-state index contributed by atoms with van der Waals surface area (Å²) < 4.78 is 0. The summed E-state index contributed by atoms with van der Waals surface area (Å²) in [4.78, 5) is 13.4. The lowest BCUT2D eigenvalue weighted by Gasteiger charge is -2.22. The van der Waals surface area contributed by atoms with Gasteiger partial charge in [-0.05, 0) is 25.4 Å². The first-order chi connectivity index (χ1) is 6.11. The van der Waals surface area contributed by atoms with Crippen LogP contribution in [0.5, 0.6) is 0 Å². The van der Waals surface area contributed by atoms with E-state index >= 15 is 0 Å². The zero-order valence-corrected chi connectivity index (χ0v) is 8.84. The monoisotopic (exact) mass is 184 g/mol. The van der Waals surface area contributed by atoms with E-state index in [2.05, 4.69) is 5.32 Å². The lowest BCUT2D eigenvalue weighted by atomic mass is 10.1. The average molecular weight is 184 g/mol. The maximum atomic E-state index is 11.5. The second-order valence-corrected chi connectivity index (χ2v) is 4.23. The van der Waals surface area contributed by atoms with Crippen molar-refractivity contribution in [3.63, 3.8) is 0 Å². The average Bonchev–Trinajstić information content (AvgIpc) is 2.55. The van der Waals surface area contributed by atoms with Crippen molar-refractivity contribution in [2.75, 3.05) is 26.7 Å². The van der Waals surface area contributed by atoms with E-state index in [1.807, 2.05) is 25.8 Å². The summed E-state index contributed by atoms with van der Waals surface area (Å²) in [5.74, 6) is 1.04. The molecule has 1 amide bonds. The number of nitrogens with one attached hydrogen (secondary N) is 1. The first-order valence-corrected chi connectivity index (χ1v) is 5.07. The fourth-order valence-corrected chi connectivity index (χ4v) is 1.79. The van der Waals surface area contributed by atoms with Crippen LogP contribution in [0, 0.1) is 11.8 Å². The molecule has 1 heterocycles. The SMILES string of the molecule is CC(C)C(=O)N(C)CC1CCNC1. The minimum atomic E-state index is 0.124. The van der Waals surface area contributed by atoms with Crippen molar-refractivity contribution in [2.45, 2.75) is 20.3 Å². The Bertz CT molecular complexity index is 174. The summed E-state index contributed by atoms with van der Waals surface area (Å²) in [5, 5.41) is 3.31. The van der Waals surface area contributed by atoms with Gasteiger partial charge in [-0.25, -0.2) is 0 Å². The highest BCUT2D eigenvalue weighted by Crippen LogP contribution is 2.10. The molecule has 76 valence electrons. The van der Waals surface area contributed by atoms with Crippen LogP contribution in [-0.2, 0) is 4.79 Å². The Kier molecular flexibility index (Phi) is 3.72. The van der Waals surface area contributed by atoms with Gasteiger partial charge >= 0.3 is 0 Å². The lowest BCUT2D eigenvalue weighted by molar-refractivity contribution is -0.133. The van der Waals surface area contributed by atoms with Gasteiger partial charge in [0.2, 0.25) is 5.91 Å². The minimum Gasteiger partial charge on any atom is -0.345 e. The highest BCUT2D eigenvalue weighted by Gasteiger charge is 2.20. The van der Waals surface area contributed by atoms with Crippen LogP contribution in [0.15, 0.2) is 0 Å². The fraction of sp³-hybridized carbons (Fsp3) is 0.900. The zero-order chi connectivity index (χ0) is 9.84. The van der Waals surface area contributed by atoms with Crippen LogP contribution in [-0.4, -0.2) is 37.5 Å². The van der Waals surface area contributed by atoms with Crippen LogP contribution in [0.2, 0.25) is 0 Å². The summed E-state index contributed by atoms with van der Waals surface area (Å²) in [6, 6.07) is 0. The summed E-state index contributed by atoms with van der Waals surface area (Å²) >= 11 is 0. The van der Waals surface area contributed by atoms with Crippen molar-refractivity contribution < 1.29 is 4.79 Å². The largest absolute Gasteiger partial charge is 0.345 e. The second kappa shape index (κ2) is 4.61. The molecule has 3 heteroatoms. The molecular formula is C10H20N2O. The topological polar surface area (TPSA) is 32.3 Å². The molecule has 0 aromatic carbocycles. The predicted molar refractivity (Wildman–Crippen MR) is 53.5 cm³/mol. The van der Waals surface area contributed by atoms with Crippen LogP contribution in [0.4, 0.5) is 0 Å². The number of rotatable bonds is 3. The van der Waals surface area contributed by atoms with Crippen LogP contribution in [0.25, 0.3) is 0 Å². The van der Waals surface area contributed by atoms with E-state index in [4.69, 9.17) is 0 Å². The summed E-state index contributed by atoms with van der Waals surface area (Å²) in [5.41, 5.74) is 0. The van der Waals surface area contributed by atoms with E-state index in [9.17, 15) is 4.79 Å². The first kappa shape index (κ1) is 10.5. The standard InChI is InChI=1S/C10H20N2O/c1-8(2)10(13)12(3)7-9-4-5-11-6-9/h8-9,11H,4-7H2,1-3H3. The number of hydrogen-bond donors (Lipinski definition) is 1. The molecule has 3 nitrogen and oxygen atoms in total. The molecule has 1 saturated heterocycles. The molecular weight excluding hydrogens is 164 g/mol. The number of amides is 1. The van der Waals surface area contributed by atoms with E-state index in [-0.39, 0.29) is 11.8 Å². The van der Waals surface area contributed by atoms with E-state index in [1.165, 1.54) is 6.42 Å². The summed E-state index contributed by atoms with van der Waals surface area (Å²) in [7, 11) is 1.90. The third-order valence-corrected chi connectivity index (χ3v) is 2.56. The lowest BCUT2D eigenvalue weighted by Crippen LogP contribution is -2.35. The van der Waals surface area contributed by atoms with Crippen molar-refractivity contribution in [1.29, 1.82) is 0 Å². The molecule has 0 bridgehead atoms. The number of nitrogens with zero attached hydrogens (tertiary/aromatic N) is 1. The molecule has 1 rings (SSSR count). The van der Waals surface area contributed by atoms with Gasteiger partial charge in [-0.3, -0.25) is 4.79 Å². The van der Waals surface area contributed by atoms with Gasteiger partial charge in [0.1, 0.15) is 0 Å². The predicted octanol–water partition coefficient (Wildman–Crippen LogP) is 0.710. The summed E-state index contributed by atoms with van der Waals surface area (Å²) in [6.45, 7) is 6.98. The molecule has 0 aromatic rings. The highest BCUT2D eigenvalue weighted by molar-refractivity contribution is 5.77. The Morgan fingerprint density at radius 3 is 2.77 bits per heavy atom. The highest BCUT2D eigenvalue weighted by atomic mass is 16.2. The van der Waals surface area contributed by atoms with Gasteiger partial charge in [0.25, 0.3) is 0 Å². The number of carbonyl (C=O) groups excluding carboxylic acids is 1. The van der Waals surface area contributed by atoms with Gasteiger partial charge in [-0.1, -0.05) is 13.8 Å². The van der Waals surface area contributed by atoms with Gasteiger partial charge in [0.05, 0.1) is 0 Å². The number of hydrogen-bond acceptors (Lipinski definition) is 2. The van der Waals surface area contributed by atoms with Crippen LogP contribution in [0.3, 0.4) is 0 Å². The molecule has 0 saturated carbocycles. The van der Waals surface area contributed by atoms with Crippen LogP contribution in [0.1, 0.15) is 20.3 Å². The quantitative estimate of drug-likeness (QED) is 0.700. The van der Waals surface area contributed by atoms with E-state index in [0.717, 1.165) is 19.6 Å². The zero-order valence-electron chi connectivity index (χ0n) is 8.84. The minimum absolute atomic E-state index is 0.124. The van der Waals surface area contributed by atoms with Crippen molar-refractivity contribution in [3.8, 4) is 0 Å². The first-order valence-electron chi connectivity index (χ1n) is 5.07. The van der Waals surface area contributed by atoms with Gasteiger partial charge in [-0.15, -0.1) is 0 Å². The third-order valence-electron chi connectivity index (χ3n) is 2.56. The Balaban J connectivity index is 2.31. The Morgan fingerprint density at radius 1 is 1.62 bits per heavy atom. The molecule has 13 heavy (non-hydrogen) atoms. The smallest absolute Gasteiger partial charge is 0.224 e. The molecule has 1 N–H and O–H groups in total. The van der Waals surface area contributed by atoms with Gasteiger partial charge in [0, 0.05) is 19.5 Å². The Labute approximate surface area is 80.5 Å². The van der Waals surface area contributed by atoms with E-state index < -0.39 is 0 Å². The van der Waals surface area contributed by atoms with Gasteiger partial charge in [-0.2, -0.15) is 0 Å². The van der Waals surface area contributed by atoms with Gasteiger partial charge in [0.15, 0.2) is 0 Å². The van der Waals surface area contributed by atoms with Crippen LogP contribution >= 0.6 is 0 Å². The molecule has 1 fully saturated rings. The molecule has 0 aromatic heterocycles. The van der Waals surface area contributed by atoms with Crippen LogP contribution < -0.4 is 5.32 Å². The molecule has 1 aliphatic heterocycles. The van der Waals surface area contributed by atoms with Gasteiger partial charge < -0.3 is 10.2 Å². The van der Waals surface area contributed by atoms with E-state index in [1.54, 1.807) is 0 Å². The maximum absolute atomic E-state index is 11.5. The Morgan fingerprint density at radius 2 is 2.31 bits per heavy atom. The summed E-state index contributed by atoms with van der Waals surface area (Å²) in [6.07, 6.45) is 1.20. The second-order valence-electron chi connectivity index (χ2n) is 4.23. The fourth-order valence-electron chi connectivity index (χ4n) is 1.79. The Hall–Kier alpha value is -0.570. The molecule has 1 unspecified atom stereocenters. The molecule has 0 spiro atoms. The van der Waals surface area contributed by atoms with Crippen molar-refractivity contribution in [1.82, 2.24) is 10.2 Å². The van der Waals surface area contributed by atoms with Crippen molar-refractivity contribution >= 4 is 5.91 Å². The van der Waals surface area contributed by atoms with E-state index in [0.29, 0.717) is 5.92 Å². The van der Waals surface area contributed by atoms with Crippen molar-refractivity contribution in [3.05, 3.63) is 0 Å². The maximum Gasteiger partial charge on any atom is 0.224 e. The molecule has 1 aliphatic rings. The van der Waals surface area contributed by atoms with Crippen molar-refractivity contribution in [2.24, 2.45) is 11.8 Å². The number of carbonyl (C=O) groups is 1. The third kappa shape index (κ3) is 2.99.